The number of likely N-dealkylation sites (N-methyl/N-ethyl adjacent to an activating group) is 1. The van der Waals surface area contributed by atoms with E-state index in [9.17, 15) is 14.4 Å². The molecule has 6 heteroatoms. The number of carbonyl (C=O) groups is 3. The highest BCUT2D eigenvalue weighted by Crippen LogP contribution is 2.10. The first-order valence-electron chi connectivity index (χ1n) is 4.84. The molecule has 0 spiro atoms. The minimum Gasteiger partial charge on any atom is -0.396 e. The molecule has 0 aromatic rings. The van der Waals surface area contributed by atoms with E-state index in [2.05, 4.69) is 0 Å². The van der Waals surface area contributed by atoms with Crippen molar-refractivity contribution in [2.75, 3.05) is 20.2 Å². The molecule has 84 valence electrons. The number of aliphatic hydroxyl groups is 1. The maximum Gasteiger partial charge on any atom is 0.333 e. The highest BCUT2D eigenvalue weighted by molar-refractivity contribution is 6.44. The second kappa shape index (κ2) is 4.88. The summed E-state index contributed by atoms with van der Waals surface area (Å²) in [7, 11) is 1.29. The molecular weight excluding hydrogens is 200 g/mol. The van der Waals surface area contributed by atoms with Crippen LogP contribution in [-0.2, 0) is 9.59 Å². The van der Waals surface area contributed by atoms with Crippen LogP contribution in [0.1, 0.15) is 19.3 Å². The Bertz CT molecular complexity index is 290. The first kappa shape index (κ1) is 11.6. The Balaban J connectivity index is 2.45. The molecule has 15 heavy (non-hydrogen) atoms. The van der Waals surface area contributed by atoms with Crippen LogP contribution in [0.4, 0.5) is 4.79 Å². The number of nitrogens with zero attached hydrogens (tertiary/aromatic N) is 2. The normalized spacial score (nSPS) is 16.8. The topological polar surface area (TPSA) is 77.9 Å². The molecule has 0 saturated carbocycles. The number of aliphatic hydroxyl groups excluding tert-OH is 1. The van der Waals surface area contributed by atoms with Crippen molar-refractivity contribution in [3.05, 3.63) is 0 Å². The van der Waals surface area contributed by atoms with Gasteiger partial charge in [0.25, 0.3) is 0 Å². The summed E-state index contributed by atoms with van der Waals surface area (Å²) in [6, 6.07) is -0.561. The average Bonchev–Trinajstić information content (AvgIpc) is 2.41. The number of carbonyl (C=O) groups excluding carboxylic acids is 3. The van der Waals surface area contributed by atoms with Gasteiger partial charge in [-0.25, -0.2) is 4.79 Å². The predicted molar refractivity (Wildman–Crippen MR) is 50.8 cm³/mol. The molecule has 0 bridgehead atoms. The highest BCUT2D eigenvalue weighted by Gasteiger charge is 2.41. The molecule has 0 aromatic heterocycles. The van der Waals surface area contributed by atoms with Gasteiger partial charge >= 0.3 is 17.8 Å². The van der Waals surface area contributed by atoms with Crippen LogP contribution in [0.25, 0.3) is 0 Å². The van der Waals surface area contributed by atoms with Gasteiger partial charge in [-0.05, 0) is 19.3 Å². The molecule has 0 aliphatic carbocycles. The molecule has 1 heterocycles. The van der Waals surface area contributed by atoms with Crippen LogP contribution >= 0.6 is 0 Å². The van der Waals surface area contributed by atoms with Gasteiger partial charge in [-0.15, -0.1) is 0 Å². The Morgan fingerprint density at radius 3 is 2.20 bits per heavy atom. The molecule has 1 N–H and O–H groups in total. The number of rotatable bonds is 5. The fourth-order valence-corrected chi connectivity index (χ4v) is 1.37. The zero-order chi connectivity index (χ0) is 11.4. The second-order valence-corrected chi connectivity index (χ2v) is 3.39. The van der Waals surface area contributed by atoms with Gasteiger partial charge in [0.15, 0.2) is 0 Å². The minimum atomic E-state index is -0.776. The van der Waals surface area contributed by atoms with E-state index in [0.29, 0.717) is 12.8 Å². The van der Waals surface area contributed by atoms with Gasteiger partial charge in [0.2, 0.25) is 0 Å². The SMILES string of the molecule is CN1C(=O)C(=O)N(CCCCCO)C1=O. The number of urea groups is 1. The molecule has 1 saturated heterocycles. The summed E-state index contributed by atoms with van der Waals surface area (Å²) < 4.78 is 0. The van der Waals surface area contributed by atoms with Crippen molar-refractivity contribution in [2.24, 2.45) is 0 Å². The lowest BCUT2D eigenvalue weighted by Gasteiger charge is -2.11. The largest absolute Gasteiger partial charge is 0.396 e. The van der Waals surface area contributed by atoms with Crippen molar-refractivity contribution in [1.29, 1.82) is 0 Å². The third-order valence-electron chi connectivity index (χ3n) is 2.29. The quantitative estimate of drug-likeness (QED) is 0.382. The van der Waals surface area contributed by atoms with Crippen LogP contribution in [0.2, 0.25) is 0 Å². The number of unbranched alkanes of at least 4 members (excludes halogenated alkanes) is 2. The molecule has 4 amide bonds. The second-order valence-electron chi connectivity index (χ2n) is 3.39. The van der Waals surface area contributed by atoms with E-state index >= 15 is 0 Å². The molecule has 1 aliphatic heterocycles. The first-order chi connectivity index (χ1) is 7.09. The third kappa shape index (κ3) is 2.33. The lowest BCUT2D eigenvalue weighted by molar-refractivity contribution is -0.142. The molecule has 6 nitrogen and oxygen atoms in total. The van der Waals surface area contributed by atoms with E-state index in [-0.39, 0.29) is 13.2 Å². The van der Waals surface area contributed by atoms with E-state index in [1.807, 2.05) is 0 Å². The first-order valence-corrected chi connectivity index (χ1v) is 4.84. The molecule has 1 fully saturated rings. The van der Waals surface area contributed by atoms with E-state index in [4.69, 9.17) is 5.11 Å². The van der Waals surface area contributed by atoms with Gasteiger partial charge in [0, 0.05) is 20.2 Å². The van der Waals surface area contributed by atoms with Crippen molar-refractivity contribution < 1.29 is 19.5 Å². The average molecular weight is 214 g/mol. The Morgan fingerprint density at radius 2 is 1.73 bits per heavy atom. The van der Waals surface area contributed by atoms with Gasteiger partial charge in [-0.2, -0.15) is 0 Å². The molecule has 0 atom stereocenters. The molecule has 0 radical (unpaired) electrons. The Labute approximate surface area is 87.5 Å². The Kier molecular flexibility index (Phi) is 3.79. The monoisotopic (exact) mass is 214 g/mol. The summed E-state index contributed by atoms with van der Waals surface area (Å²) in [6.45, 7) is 0.342. The van der Waals surface area contributed by atoms with E-state index in [1.165, 1.54) is 7.05 Å². The zero-order valence-corrected chi connectivity index (χ0v) is 8.60. The fourth-order valence-electron chi connectivity index (χ4n) is 1.37. The maximum atomic E-state index is 11.4. The van der Waals surface area contributed by atoms with Crippen LogP contribution in [0, 0.1) is 0 Å². The summed E-state index contributed by atoms with van der Waals surface area (Å²) in [5.41, 5.74) is 0. The van der Waals surface area contributed by atoms with E-state index < -0.39 is 17.8 Å². The van der Waals surface area contributed by atoms with Gasteiger partial charge < -0.3 is 5.11 Å². The van der Waals surface area contributed by atoms with Gasteiger partial charge in [0.1, 0.15) is 0 Å². The maximum absolute atomic E-state index is 11.4. The van der Waals surface area contributed by atoms with Crippen molar-refractivity contribution in [3.63, 3.8) is 0 Å². The number of amides is 4. The van der Waals surface area contributed by atoms with Crippen LogP contribution in [0.5, 0.6) is 0 Å². The lowest BCUT2D eigenvalue weighted by Crippen LogP contribution is -2.32. The summed E-state index contributed by atoms with van der Waals surface area (Å²) in [4.78, 5) is 35.5. The molecular formula is C9H14N2O4. The van der Waals surface area contributed by atoms with E-state index in [0.717, 1.165) is 16.2 Å². The fraction of sp³-hybridized carbons (Fsp3) is 0.667. The lowest BCUT2D eigenvalue weighted by atomic mass is 10.2. The smallest absolute Gasteiger partial charge is 0.333 e. The summed E-state index contributed by atoms with van der Waals surface area (Å²) in [6.07, 6.45) is 1.98. The number of hydrogen-bond acceptors (Lipinski definition) is 4. The van der Waals surface area contributed by atoms with Crippen LogP contribution in [0.3, 0.4) is 0 Å². The molecule has 1 aliphatic rings. The molecule has 1 rings (SSSR count). The number of imide groups is 2. The van der Waals surface area contributed by atoms with Crippen molar-refractivity contribution in [1.82, 2.24) is 9.80 Å². The van der Waals surface area contributed by atoms with Gasteiger partial charge in [-0.1, -0.05) is 0 Å². The van der Waals surface area contributed by atoms with Crippen LogP contribution in [-0.4, -0.2) is 53.0 Å². The Morgan fingerprint density at radius 1 is 1.07 bits per heavy atom. The minimum absolute atomic E-state index is 0.0979. The van der Waals surface area contributed by atoms with Crippen LogP contribution < -0.4 is 0 Å². The zero-order valence-electron chi connectivity index (χ0n) is 8.60. The predicted octanol–water partition coefficient (Wildman–Crippen LogP) is -0.430. The molecule has 0 aromatic carbocycles. The summed E-state index contributed by atoms with van der Waals surface area (Å²) in [5.74, 6) is -1.53. The third-order valence-corrected chi connectivity index (χ3v) is 2.29. The molecule has 0 unspecified atom stereocenters. The van der Waals surface area contributed by atoms with Crippen molar-refractivity contribution >= 4 is 17.8 Å². The summed E-state index contributed by atoms with van der Waals surface area (Å²) in [5, 5.41) is 8.54. The van der Waals surface area contributed by atoms with Crippen LogP contribution in [0.15, 0.2) is 0 Å². The summed E-state index contributed by atoms with van der Waals surface area (Å²) >= 11 is 0. The van der Waals surface area contributed by atoms with Crippen molar-refractivity contribution in [2.45, 2.75) is 19.3 Å². The number of hydrogen-bond donors (Lipinski definition) is 1. The van der Waals surface area contributed by atoms with Gasteiger partial charge in [0.05, 0.1) is 0 Å². The highest BCUT2D eigenvalue weighted by atomic mass is 16.3. The van der Waals surface area contributed by atoms with E-state index in [1.54, 1.807) is 0 Å². The standard InChI is InChI=1S/C9H14N2O4/c1-10-7(13)8(14)11(9(10)15)5-3-2-4-6-12/h12H,2-6H2,1H3. The van der Waals surface area contributed by atoms with Crippen molar-refractivity contribution in [3.8, 4) is 0 Å². The van der Waals surface area contributed by atoms with Gasteiger partial charge in [-0.3, -0.25) is 19.4 Å². The Hall–Kier alpha value is -1.43.